The number of nitrogens with zero attached hydrogens (tertiary/aromatic N) is 2. The Kier molecular flexibility index (Phi) is 3.11. The highest BCUT2D eigenvalue weighted by atomic mass is 32.2. The van der Waals surface area contributed by atoms with Crippen molar-refractivity contribution in [1.82, 2.24) is 10.2 Å². The highest BCUT2D eigenvalue weighted by Gasteiger charge is 1.98. The van der Waals surface area contributed by atoms with Crippen LogP contribution in [0.25, 0.3) is 0 Å². The number of rotatable bonds is 3. The highest BCUT2D eigenvalue weighted by molar-refractivity contribution is 8.01. The molecule has 0 bridgehead atoms. The number of aromatic nitrogens is 2. The van der Waals surface area contributed by atoms with Crippen molar-refractivity contribution in [3.8, 4) is 0 Å². The van der Waals surface area contributed by atoms with Crippen LogP contribution in [0.4, 0.5) is 0 Å². The van der Waals surface area contributed by atoms with Crippen LogP contribution in [-0.4, -0.2) is 22.0 Å². The van der Waals surface area contributed by atoms with E-state index in [-0.39, 0.29) is 6.04 Å². The fraction of sp³-hybridized carbons (Fsp3) is 0.600. The van der Waals surface area contributed by atoms with E-state index in [0.29, 0.717) is 0 Å². The first-order chi connectivity index (χ1) is 4.79. The first kappa shape index (κ1) is 7.97. The van der Waals surface area contributed by atoms with E-state index < -0.39 is 0 Å². The van der Waals surface area contributed by atoms with Gasteiger partial charge in [0.2, 0.25) is 0 Å². The molecule has 0 aliphatic rings. The van der Waals surface area contributed by atoms with Gasteiger partial charge in [-0.15, -0.1) is 10.2 Å². The molecule has 1 atom stereocenters. The van der Waals surface area contributed by atoms with Gasteiger partial charge in [0.25, 0.3) is 0 Å². The summed E-state index contributed by atoms with van der Waals surface area (Å²) >= 11 is 3.21. The summed E-state index contributed by atoms with van der Waals surface area (Å²) in [5.41, 5.74) is 7.27. The molecule has 0 aliphatic heterocycles. The van der Waals surface area contributed by atoms with Crippen molar-refractivity contribution in [3.63, 3.8) is 0 Å². The first-order valence-electron chi connectivity index (χ1n) is 2.93. The van der Waals surface area contributed by atoms with Gasteiger partial charge in [-0.3, -0.25) is 0 Å². The number of hydrogen-bond acceptors (Lipinski definition) is 5. The Morgan fingerprint density at radius 2 is 2.70 bits per heavy atom. The molecule has 10 heavy (non-hydrogen) atoms. The van der Waals surface area contributed by atoms with Crippen molar-refractivity contribution in [1.29, 1.82) is 0 Å². The maximum Gasteiger partial charge on any atom is 0.174 e. The molecule has 3 nitrogen and oxygen atoms in total. The molecule has 0 spiro atoms. The molecule has 2 N–H and O–H groups in total. The molecule has 0 fully saturated rings. The molecule has 1 heterocycles. The van der Waals surface area contributed by atoms with Gasteiger partial charge in [-0.1, -0.05) is 23.1 Å². The Morgan fingerprint density at radius 1 is 1.90 bits per heavy atom. The van der Waals surface area contributed by atoms with E-state index in [1.165, 1.54) is 0 Å². The van der Waals surface area contributed by atoms with Gasteiger partial charge in [0.1, 0.15) is 5.51 Å². The maximum absolute atomic E-state index is 5.54. The molecule has 1 aromatic rings. The van der Waals surface area contributed by atoms with E-state index in [9.17, 15) is 0 Å². The number of thioether (sulfide) groups is 1. The maximum atomic E-state index is 5.54. The Bertz CT molecular complexity index is 173. The van der Waals surface area contributed by atoms with E-state index in [2.05, 4.69) is 10.2 Å². The summed E-state index contributed by atoms with van der Waals surface area (Å²) < 4.78 is 0.998. The second-order valence-corrected chi connectivity index (χ2v) is 4.09. The monoisotopic (exact) mass is 175 g/mol. The fourth-order valence-electron chi connectivity index (χ4n) is 0.429. The summed E-state index contributed by atoms with van der Waals surface area (Å²) in [6.45, 7) is 1.98. The van der Waals surface area contributed by atoms with Crippen LogP contribution in [0.1, 0.15) is 6.92 Å². The Hall–Kier alpha value is -0.130. The third-order valence-corrected chi connectivity index (χ3v) is 2.96. The minimum atomic E-state index is 0.230. The number of nitrogens with two attached hydrogens (primary N) is 1. The lowest BCUT2D eigenvalue weighted by Gasteiger charge is -1.99. The van der Waals surface area contributed by atoms with Crippen LogP contribution in [-0.2, 0) is 0 Å². The quantitative estimate of drug-likeness (QED) is 0.696. The van der Waals surface area contributed by atoms with E-state index >= 15 is 0 Å². The third kappa shape index (κ3) is 2.64. The summed E-state index contributed by atoms with van der Waals surface area (Å²) in [6.07, 6.45) is 0. The zero-order valence-electron chi connectivity index (χ0n) is 5.65. The van der Waals surface area contributed by atoms with Crippen molar-refractivity contribution in [3.05, 3.63) is 5.51 Å². The van der Waals surface area contributed by atoms with Gasteiger partial charge in [0, 0.05) is 11.8 Å². The highest BCUT2D eigenvalue weighted by Crippen LogP contribution is 2.18. The average Bonchev–Trinajstić information content (AvgIpc) is 2.34. The summed E-state index contributed by atoms with van der Waals surface area (Å²) in [6, 6.07) is 0.230. The van der Waals surface area contributed by atoms with Gasteiger partial charge in [0.05, 0.1) is 0 Å². The van der Waals surface area contributed by atoms with Crippen LogP contribution in [0, 0.1) is 0 Å². The van der Waals surface area contributed by atoms with Crippen LogP contribution in [0.3, 0.4) is 0 Å². The minimum Gasteiger partial charge on any atom is -0.327 e. The van der Waals surface area contributed by atoms with Crippen LogP contribution in [0.2, 0.25) is 0 Å². The van der Waals surface area contributed by atoms with Gasteiger partial charge in [-0.05, 0) is 6.92 Å². The molecule has 0 unspecified atom stereocenters. The minimum absolute atomic E-state index is 0.230. The Labute approximate surface area is 68.0 Å². The van der Waals surface area contributed by atoms with E-state index in [1.54, 1.807) is 28.6 Å². The van der Waals surface area contributed by atoms with Gasteiger partial charge in [-0.25, -0.2) is 0 Å². The number of hydrogen-bond donors (Lipinski definition) is 1. The normalized spacial score (nSPS) is 13.4. The molecule has 1 rings (SSSR count). The lowest BCUT2D eigenvalue weighted by atomic mass is 10.4. The molecule has 0 aromatic carbocycles. The molecule has 0 saturated carbocycles. The van der Waals surface area contributed by atoms with Gasteiger partial charge < -0.3 is 5.73 Å². The SMILES string of the molecule is C[C@H](N)CSc1nncs1. The van der Waals surface area contributed by atoms with E-state index in [1.807, 2.05) is 6.92 Å². The van der Waals surface area contributed by atoms with Crippen molar-refractivity contribution >= 4 is 23.1 Å². The zero-order valence-corrected chi connectivity index (χ0v) is 7.28. The standard InChI is InChI=1S/C5H9N3S2/c1-4(6)2-9-5-8-7-3-10-5/h3-4H,2,6H2,1H3/t4-/m0/s1. The van der Waals surface area contributed by atoms with Crippen LogP contribution in [0.15, 0.2) is 9.85 Å². The smallest absolute Gasteiger partial charge is 0.174 e. The molecule has 0 radical (unpaired) electrons. The van der Waals surface area contributed by atoms with Crippen molar-refractivity contribution in [2.24, 2.45) is 5.73 Å². The molecule has 0 aliphatic carbocycles. The predicted molar refractivity (Wildman–Crippen MR) is 44.3 cm³/mol. The molecule has 1 aromatic heterocycles. The fourth-order valence-corrected chi connectivity index (χ4v) is 1.82. The van der Waals surface area contributed by atoms with Gasteiger partial charge in [-0.2, -0.15) is 0 Å². The summed E-state index contributed by atoms with van der Waals surface area (Å²) in [4.78, 5) is 0. The molecule has 0 amide bonds. The van der Waals surface area contributed by atoms with Gasteiger partial charge in [0.15, 0.2) is 4.34 Å². The van der Waals surface area contributed by atoms with Crippen LogP contribution >= 0.6 is 23.1 Å². The average molecular weight is 175 g/mol. The molecule has 0 saturated heterocycles. The van der Waals surface area contributed by atoms with Crippen LogP contribution < -0.4 is 5.73 Å². The summed E-state index contributed by atoms with van der Waals surface area (Å²) in [7, 11) is 0. The van der Waals surface area contributed by atoms with Crippen molar-refractivity contribution in [2.45, 2.75) is 17.3 Å². The zero-order chi connectivity index (χ0) is 7.40. The van der Waals surface area contributed by atoms with Crippen molar-refractivity contribution < 1.29 is 0 Å². The third-order valence-electron chi connectivity index (χ3n) is 0.810. The Morgan fingerprint density at radius 3 is 3.20 bits per heavy atom. The molecule has 5 heteroatoms. The van der Waals surface area contributed by atoms with E-state index in [4.69, 9.17) is 5.73 Å². The van der Waals surface area contributed by atoms with Crippen LogP contribution in [0.5, 0.6) is 0 Å². The second-order valence-electron chi connectivity index (χ2n) is 1.99. The predicted octanol–water partition coefficient (Wildman–Crippen LogP) is 0.977. The summed E-state index contributed by atoms with van der Waals surface area (Å²) in [5, 5.41) is 7.57. The van der Waals surface area contributed by atoms with Gasteiger partial charge >= 0.3 is 0 Å². The summed E-state index contributed by atoms with van der Waals surface area (Å²) in [5.74, 6) is 0.912. The van der Waals surface area contributed by atoms with E-state index in [0.717, 1.165) is 10.1 Å². The molecule has 56 valence electrons. The lowest BCUT2D eigenvalue weighted by Crippen LogP contribution is -2.17. The topological polar surface area (TPSA) is 51.8 Å². The lowest BCUT2D eigenvalue weighted by molar-refractivity contribution is 0.846. The Balaban J connectivity index is 2.28. The second kappa shape index (κ2) is 3.90. The first-order valence-corrected chi connectivity index (χ1v) is 4.80. The largest absolute Gasteiger partial charge is 0.327 e. The van der Waals surface area contributed by atoms with Crippen molar-refractivity contribution in [2.75, 3.05) is 5.75 Å². The molecular formula is C5H9N3S2. The molecular weight excluding hydrogens is 166 g/mol.